The van der Waals surface area contributed by atoms with E-state index in [-0.39, 0.29) is 22.7 Å². The third kappa shape index (κ3) is 6.54. The molecular weight excluding hydrogens is 534 g/mol. The Kier molecular flexibility index (Phi) is 8.74. The number of fused-ring (bicyclic) bond motifs is 2. The number of aromatic amines is 1. The van der Waals surface area contributed by atoms with Crippen molar-refractivity contribution in [2.24, 2.45) is 14.1 Å². The average molecular weight is 572 g/mol. The molecule has 0 fully saturated rings. The SMILES string of the molecule is CC(=O)C1=C(C)Cc2c1c(C#CC(C)(C)O)cn(C)c2=O.CC(=O)c1c(C)n(C)c2c(=O)[nH]cc(C#CC(C)(C)O)c12. The number of hydrogen-bond donors (Lipinski definition) is 3. The first-order valence-corrected chi connectivity index (χ1v) is 13.4. The molecule has 0 aromatic carbocycles. The first-order chi connectivity index (χ1) is 19.2. The second-order valence-electron chi connectivity index (χ2n) is 11.6. The molecule has 1 aliphatic rings. The van der Waals surface area contributed by atoms with Gasteiger partial charge in [-0.2, -0.15) is 0 Å². The molecular formula is C33H37N3O6. The monoisotopic (exact) mass is 571 g/mol. The molecule has 3 aromatic heterocycles. The minimum Gasteiger partial charge on any atom is -0.378 e. The standard InChI is InChI=1S/C17H19NO3.C16H18N2O3/c1-10-8-13-15(14(10)11(2)19)12(6-7-17(3,4)21)9-18(5)16(13)20;1-9-12(10(2)19)13-11(6-7-16(3,4)21)8-17-15(20)14(13)18(9)5/h9,21H,8H2,1-5H3;8,21H,1-5H3,(H,17,20). The molecule has 42 heavy (non-hydrogen) atoms. The Bertz CT molecular complexity index is 1910. The Morgan fingerprint density at radius 3 is 1.98 bits per heavy atom. The lowest BCUT2D eigenvalue weighted by atomic mass is 9.98. The Labute approximate surface area is 244 Å². The van der Waals surface area contributed by atoms with Crippen molar-refractivity contribution in [3.8, 4) is 23.7 Å². The van der Waals surface area contributed by atoms with E-state index >= 15 is 0 Å². The maximum atomic E-state index is 12.3. The largest absolute Gasteiger partial charge is 0.378 e. The first kappa shape index (κ1) is 32.1. The average Bonchev–Trinajstić information content (AvgIpc) is 3.34. The van der Waals surface area contributed by atoms with E-state index in [0.29, 0.717) is 50.7 Å². The van der Waals surface area contributed by atoms with Crippen molar-refractivity contribution in [1.29, 1.82) is 0 Å². The van der Waals surface area contributed by atoms with Gasteiger partial charge in [-0.05, 0) is 55.4 Å². The topological polar surface area (TPSA) is 134 Å². The fourth-order valence-corrected chi connectivity index (χ4v) is 4.97. The van der Waals surface area contributed by atoms with Crippen LogP contribution in [0.25, 0.3) is 16.5 Å². The fourth-order valence-electron chi connectivity index (χ4n) is 4.97. The summed E-state index contributed by atoms with van der Waals surface area (Å²) in [5, 5.41) is 20.0. The molecule has 3 N–H and O–H groups in total. The van der Waals surface area contributed by atoms with Crippen LogP contribution in [-0.4, -0.2) is 47.1 Å². The number of pyridine rings is 2. The number of carbonyl (C=O) groups is 2. The molecule has 0 saturated heterocycles. The molecule has 0 saturated carbocycles. The molecule has 0 amide bonds. The van der Waals surface area contributed by atoms with Crippen LogP contribution in [0.5, 0.6) is 0 Å². The van der Waals surface area contributed by atoms with Gasteiger partial charge < -0.3 is 24.3 Å². The van der Waals surface area contributed by atoms with Gasteiger partial charge in [-0.25, -0.2) is 0 Å². The number of allylic oxidation sites excluding steroid dienone is 2. The Hall–Kier alpha value is -4.44. The normalized spacial score (nSPS) is 12.6. The number of rotatable bonds is 2. The summed E-state index contributed by atoms with van der Waals surface area (Å²) in [4.78, 5) is 50.8. The number of ketones is 2. The molecule has 0 atom stereocenters. The van der Waals surface area contributed by atoms with Crippen LogP contribution in [0.15, 0.2) is 27.6 Å². The molecule has 3 heterocycles. The van der Waals surface area contributed by atoms with Gasteiger partial charge in [0.25, 0.3) is 11.1 Å². The number of aromatic nitrogens is 3. The van der Waals surface area contributed by atoms with Crippen LogP contribution in [0.1, 0.15) is 86.8 Å². The van der Waals surface area contributed by atoms with Crippen LogP contribution in [0.2, 0.25) is 0 Å². The Morgan fingerprint density at radius 1 is 0.929 bits per heavy atom. The van der Waals surface area contributed by atoms with Gasteiger partial charge in [-0.15, -0.1) is 0 Å². The van der Waals surface area contributed by atoms with Crippen molar-refractivity contribution in [3.63, 3.8) is 0 Å². The minimum absolute atomic E-state index is 0.0641. The number of aryl methyl sites for hydroxylation is 2. The van der Waals surface area contributed by atoms with Gasteiger partial charge in [-0.1, -0.05) is 29.3 Å². The molecule has 0 aliphatic heterocycles. The van der Waals surface area contributed by atoms with E-state index in [1.165, 1.54) is 24.6 Å². The van der Waals surface area contributed by atoms with E-state index in [0.717, 1.165) is 11.3 Å². The van der Waals surface area contributed by atoms with Crippen molar-refractivity contribution in [1.82, 2.24) is 14.1 Å². The third-order valence-electron chi connectivity index (χ3n) is 6.82. The summed E-state index contributed by atoms with van der Waals surface area (Å²) >= 11 is 0. The number of carbonyl (C=O) groups excluding carboxylic acids is 2. The quantitative estimate of drug-likeness (QED) is 0.320. The maximum absolute atomic E-state index is 12.3. The van der Waals surface area contributed by atoms with E-state index in [9.17, 15) is 29.4 Å². The lowest BCUT2D eigenvalue weighted by Crippen LogP contribution is -2.22. The Balaban J connectivity index is 0.000000230. The molecule has 0 unspecified atom stereocenters. The lowest BCUT2D eigenvalue weighted by Gasteiger charge is -2.10. The van der Waals surface area contributed by atoms with Crippen molar-refractivity contribution in [2.45, 2.75) is 73.0 Å². The van der Waals surface area contributed by atoms with E-state index in [1.54, 1.807) is 59.5 Å². The second-order valence-corrected chi connectivity index (χ2v) is 11.6. The van der Waals surface area contributed by atoms with Gasteiger partial charge in [-0.3, -0.25) is 19.2 Å². The van der Waals surface area contributed by atoms with E-state index < -0.39 is 11.2 Å². The predicted molar refractivity (Wildman–Crippen MR) is 163 cm³/mol. The van der Waals surface area contributed by atoms with E-state index in [1.807, 2.05) is 6.92 Å². The van der Waals surface area contributed by atoms with Crippen LogP contribution in [0.3, 0.4) is 0 Å². The molecule has 4 rings (SSSR count). The highest BCUT2D eigenvalue weighted by Gasteiger charge is 2.28. The van der Waals surface area contributed by atoms with Gasteiger partial charge in [0.15, 0.2) is 11.6 Å². The van der Waals surface area contributed by atoms with Gasteiger partial charge in [0.05, 0.1) is 5.56 Å². The van der Waals surface area contributed by atoms with E-state index in [2.05, 4.69) is 28.7 Å². The summed E-state index contributed by atoms with van der Waals surface area (Å²) in [5.74, 6) is 11.0. The fraction of sp³-hybridized carbons (Fsp3) is 0.394. The van der Waals surface area contributed by atoms with Crippen LogP contribution >= 0.6 is 0 Å². The number of H-pyrrole nitrogens is 1. The molecule has 0 bridgehead atoms. The van der Waals surface area contributed by atoms with Crippen molar-refractivity contribution in [3.05, 3.63) is 72.2 Å². The zero-order chi connectivity index (χ0) is 31.9. The van der Waals surface area contributed by atoms with Gasteiger partial charge in [0, 0.05) is 71.8 Å². The lowest BCUT2D eigenvalue weighted by molar-refractivity contribution is -0.111. The van der Waals surface area contributed by atoms with Crippen LogP contribution in [-0.2, 0) is 25.3 Å². The molecule has 9 nitrogen and oxygen atoms in total. The van der Waals surface area contributed by atoms with Crippen LogP contribution in [0, 0.1) is 30.6 Å². The summed E-state index contributed by atoms with van der Waals surface area (Å²) in [7, 11) is 3.41. The molecule has 1 aliphatic carbocycles. The first-order valence-electron chi connectivity index (χ1n) is 13.4. The molecule has 9 heteroatoms. The number of hydrogen-bond acceptors (Lipinski definition) is 6. The summed E-state index contributed by atoms with van der Waals surface area (Å²) in [6.45, 7) is 13.0. The number of nitrogens with one attached hydrogen (secondary N) is 1. The second kappa shape index (κ2) is 11.4. The number of nitrogens with zero attached hydrogens (tertiary/aromatic N) is 2. The van der Waals surface area contributed by atoms with Crippen LogP contribution < -0.4 is 11.1 Å². The number of aliphatic hydroxyl groups is 2. The summed E-state index contributed by atoms with van der Waals surface area (Å²) < 4.78 is 3.17. The van der Waals surface area contributed by atoms with Gasteiger partial charge >= 0.3 is 0 Å². The molecule has 220 valence electrons. The Morgan fingerprint density at radius 2 is 1.48 bits per heavy atom. The predicted octanol–water partition coefficient (Wildman–Crippen LogP) is 2.93. The smallest absolute Gasteiger partial charge is 0.272 e. The summed E-state index contributed by atoms with van der Waals surface area (Å²) in [6.07, 6.45) is 3.59. The van der Waals surface area contributed by atoms with Gasteiger partial charge in [0.2, 0.25) is 0 Å². The molecule has 0 spiro atoms. The maximum Gasteiger partial charge on any atom is 0.272 e. The zero-order valence-corrected chi connectivity index (χ0v) is 25.8. The van der Waals surface area contributed by atoms with E-state index in [4.69, 9.17) is 0 Å². The van der Waals surface area contributed by atoms with Gasteiger partial charge in [0.1, 0.15) is 16.7 Å². The van der Waals surface area contributed by atoms with Crippen molar-refractivity contribution in [2.75, 3.05) is 0 Å². The highest BCUT2D eigenvalue weighted by molar-refractivity contribution is 6.22. The third-order valence-corrected chi connectivity index (χ3v) is 6.82. The molecule has 3 aromatic rings. The van der Waals surface area contributed by atoms with Crippen LogP contribution in [0.4, 0.5) is 0 Å². The highest BCUT2D eigenvalue weighted by atomic mass is 16.3. The van der Waals surface area contributed by atoms with Crippen molar-refractivity contribution >= 4 is 28.0 Å². The number of Topliss-reactive ketones (excluding diaryl/α,β-unsaturated/α-hetero) is 2. The van der Waals surface area contributed by atoms with Crippen molar-refractivity contribution < 1.29 is 19.8 Å². The summed E-state index contributed by atoms with van der Waals surface area (Å²) in [6, 6.07) is 0. The highest BCUT2D eigenvalue weighted by Crippen LogP contribution is 2.33. The zero-order valence-electron chi connectivity index (χ0n) is 25.8. The summed E-state index contributed by atoms with van der Waals surface area (Å²) in [5.41, 5.74) is 2.86. The minimum atomic E-state index is -1.15. The molecule has 0 radical (unpaired) electrons.